The molecule has 112 valence electrons. The van der Waals surface area contributed by atoms with Gasteiger partial charge in [-0.25, -0.2) is 4.98 Å². The molecule has 22 heavy (non-hydrogen) atoms. The van der Waals surface area contributed by atoms with Crippen molar-refractivity contribution in [2.45, 2.75) is 13.8 Å². The van der Waals surface area contributed by atoms with Gasteiger partial charge < -0.3 is 0 Å². The lowest BCUT2D eigenvalue weighted by Crippen LogP contribution is -2.34. The Balaban J connectivity index is 2.00. The van der Waals surface area contributed by atoms with Gasteiger partial charge in [0.05, 0.1) is 10.2 Å². The van der Waals surface area contributed by atoms with E-state index < -0.39 is 0 Å². The third-order valence-electron chi connectivity index (χ3n) is 3.33. The summed E-state index contributed by atoms with van der Waals surface area (Å²) < 4.78 is 1.10. The molecule has 0 unspecified atom stereocenters. The zero-order chi connectivity index (χ0) is 15.5. The number of nitrogens with zero attached hydrogens (tertiary/aromatic N) is 2. The number of aromatic nitrogens is 1. The molecule has 1 heterocycles. The van der Waals surface area contributed by atoms with Crippen LogP contribution in [0.25, 0.3) is 10.2 Å². The first-order valence-corrected chi connectivity index (χ1v) is 8.19. The number of carbonyl (C=O) groups is 1. The van der Waals surface area contributed by atoms with Crippen LogP contribution in [0.5, 0.6) is 0 Å². The lowest BCUT2D eigenvalue weighted by atomic mass is 10.1. The van der Waals surface area contributed by atoms with Crippen molar-refractivity contribution in [2.24, 2.45) is 5.92 Å². The highest BCUT2D eigenvalue weighted by Crippen LogP contribution is 2.30. The Morgan fingerprint density at radius 1 is 1.09 bits per heavy atom. The van der Waals surface area contributed by atoms with Gasteiger partial charge in [0.25, 0.3) is 5.91 Å². The molecule has 4 heteroatoms. The molecule has 3 aromatic rings. The number of anilines is 1. The van der Waals surface area contributed by atoms with Crippen LogP contribution >= 0.6 is 11.3 Å². The van der Waals surface area contributed by atoms with Gasteiger partial charge in [-0.15, -0.1) is 0 Å². The molecule has 0 aliphatic heterocycles. The second kappa shape index (κ2) is 6.28. The van der Waals surface area contributed by atoms with Crippen LogP contribution in [0, 0.1) is 5.92 Å². The highest BCUT2D eigenvalue weighted by Gasteiger charge is 2.21. The molecular formula is C18H18N2OS. The second-order valence-corrected chi connectivity index (χ2v) is 6.65. The van der Waals surface area contributed by atoms with Crippen LogP contribution in [-0.4, -0.2) is 17.4 Å². The smallest absolute Gasteiger partial charge is 0.260 e. The highest BCUT2D eigenvalue weighted by atomic mass is 32.1. The molecule has 0 N–H and O–H groups in total. The van der Waals surface area contributed by atoms with Crippen molar-refractivity contribution < 1.29 is 4.79 Å². The van der Waals surface area contributed by atoms with Crippen molar-refractivity contribution in [1.29, 1.82) is 0 Å². The summed E-state index contributed by atoms with van der Waals surface area (Å²) >= 11 is 1.56. The molecule has 0 aliphatic carbocycles. The second-order valence-electron chi connectivity index (χ2n) is 5.64. The van der Waals surface area contributed by atoms with E-state index in [4.69, 9.17) is 0 Å². The van der Waals surface area contributed by atoms with E-state index in [1.807, 2.05) is 54.6 Å². The van der Waals surface area contributed by atoms with Gasteiger partial charge >= 0.3 is 0 Å². The molecule has 0 aliphatic rings. The van der Waals surface area contributed by atoms with E-state index in [1.165, 1.54) is 0 Å². The maximum Gasteiger partial charge on any atom is 0.260 e. The topological polar surface area (TPSA) is 33.2 Å². The minimum Gasteiger partial charge on any atom is -0.284 e. The zero-order valence-corrected chi connectivity index (χ0v) is 13.5. The Morgan fingerprint density at radius 3 is 2.45 bits per heavy atom. The molecule has 3 nitrogen and oxygen atoms in total. The monoisotopic (exact) mass is 310 g/mol. The number of benzene rings is 2. The fourth-order valence-electron chi connectivity index (χ4n) is 2.33. The number of thiazole rings is 1. The molecule has 2 aromatic carbocycles. The van der Waals surface area contributed by atoms with Crippen LogP contribution in [0.2, 0.25) is 0 Å². The molecule has 0 saturated carbocycles. The van der Waals surface area contributed by atoms with Crippen molar-refractivity contribution in [3.8, 4) is 0 Å². The quantitative estimate of drug-likeness (QED) is 0.705. The minimum absolute atomic E-state index is 0.00774. The van der Waals surface area contributed by atoms with Gasteiger partial charge in [-0.1, -0.05) is 55.5 Å². The number of rotatable bonds is 4. The van der Waals surface area contributed by atoms with Gasteiger partial charge in [-0.3, -0.25) is 9.69 Å². The van der Waals surface area contributed by atoms with Gasteiger partial charge in [0.2, 0.25) is 0 Å². The number of amides is 1. The lowest BCUT2D eigenvalue weighted by Gasteiger charge is -2.21. The van der Waals surface area contributed by atoms with Crippen molar-refractivity contribution in [3.05, 3.63) is 60.2 Å². The Bertz CT molecular complexity index is 747. The van der Waals surface area contributed by atoms with E-state index in [0.717, 1.165) is 15.3 Å². The van der Waals surface area contributed by atoms with Crippen LogP contribution in [0.3, 0.4) is 0 Å². The molecule has 1 amide bonds. The van der Waals surface area contributed by atoms with E-state index in [2.05, 4.69) is 18.8 Å². The molecule has 0 fully saturated rings. The SMILES string of the molecule is CC(C)CN(C(=O)c1ccccc1)c1nc2ccccc2s1. The van der Waals surface area contributed by atoms with Gasteiger partial charge in [0, 0.05) is 12.1 Å². The fraction of sp³-hybridized carbons (Fsp3) is 0.222. The zero-order valence-electron chi connectivity index (χ0n) is 12.7. The van der Waals surface area contributed by atoms with E-state index in [0.29, 0.717) is 18.0 Å². The number of para-hydroxylation sites is 1. The first-order valence-electron chi connectivity index (χ1n) is 7.37. The van der Waals surface area contributed by atoms with E-state index in [1.54, 1.807) is 16.2 Å². The van der Waals surface area contributed by atoms with Gasteiger partial charge in [0.1, 0.15) is 0 Å². The summed E-state index contributed by atoms with van der Waals surface area (Å²) in [4.78, 5) is 19.3. The van der Waals surface area contributed by atoms with E-state index in [-0.39, 0.29) is 5.91 Å². The molecular weight excluding hydrogens is 292 g/mol. The third kappa shape index (κ3) is 3.02. The number of hydrogen-bond acceptors (Lipinski definition) is 3. The molecule has 0 atom stereocenters. The van der Waals surface area contributed by atoms with Crippen LogP contribution in [0.1, 0.15) is 24.2 Å². The number of carbonyl (C=O) groups excluding carboxylic acids is 1. The average Bonchev–Trinajstić information content (AvgIpc) is 2.96. The Hall–Kier alpha value is -2.20. The minimum atomic E-state index is 0.00774. The Labute approximate surface area is 134 Å². The third-order valence-corrected chi connectivity index (χ3v) is 4.39. The van der Waals surface area contributed by atoms with E-state index in [9.17, 15) is 4.79 Å². The summed E-state index contributed by atoms with van der Waals surface area (Å²) in [7, 11) is 0. The summed E-state index contributed by atoms with van der Waals surface area (Å²) in [5, 5.41) is 0.767. The van der Waals surface area contributed by atoms with Crippen molar-refractivity contribution in [3.63, 3.8) is 0 Å². The Morgan fingerprint density at radius 2 is 1.77 bits per heavy atom. The molecule has 0 radical (unpaired) electrons. The molecule has 3 rings (SSSR count). The van der Waals surface area contributed by atoms with Crippen molar-refractivity contribution in [2.75, 3.05) is 11.4 Å². The first kappa shape index (κ1) is 14.7. The molecule has 0 saturated heterocycles. The summed E-state index contributed by atoms with van der Waals surface area (Å²) in [6, 6.07) is 17.4. The predicted molar refractivity (Wildman–Crippen MR) is 92.6 cm³/mol. The number of hydrogen-bond donors (Lipinski definition) is 0. The Kier molecular flexibility index (Phi) is 4.20. The first-order chi connectivity index (χ1) is 10.6. The number of fused-ring (bicyclic) bond motifs is 1. The summed E-state index contributed by atoms with van der Waals surface area (Å²) in [6.07, 6.45) is 0. The van der Waals surface area contributed by atoms with E-state index >= 15 is 0 Å². The molecule has 1 aromatic heterocycles. The standard InChI is InChI=1S/C18H18N2OS/c1-13(2)12-20(17(21)14-8-4-3-5-9-14)18-19-15-10-6-7-11-16(15)22-18/h3-11,13H,12H2,1-2H3. The molecule has 0 bridgehead atoms. The lowest BCUT2D eigenvalue weighted by molar-refractivity contribution is 0.0984. The fourth-order valence-corrected chi connectivity index (χ4v) is 3.30. The normalized spacial score (nSPS) is 11.0. The average molecular weight is 310 g/mol. The van der Waals surface area contributed by atoms with Crippen LogP contribution in [0.4, 0.5) is 5.13 Å². The maximum atomic E-state index is 12.9. The molecule has 0 spiro atoms. The van der Waals surface area contributed by atoms with Crippen molar-refractivity contribution >= 4 is 32.6 Å². The van der Waals surface area contributed by atoms with Crippen molar-refractivity contribution in [1.82, 2.24) is 4.98 Å². The maximum absolute atomic E-state index is 12.9. The summed E-state index contributed by atoms with van der Waals surface area (Å²) in [6.45, 7) is 4.88. The summed E-state index contributed by atoms with van der Waals surface area (Å²) in [5.41, 5.74) is 1.64. The van der Waals surface area contributed by atoms with Gasteiger partial charge in [-0.2, -0.15) is 0 Å². The van der Waals surface area contributed by atoms with Gasteiger partial charge in [0.15, 0.2) is 5.13 Å². The van der Waals surface area contributed by atoms with Crippen LogP contribution < -0.4 is 4.90 Å². The van der Waals surface area contributed by atoms with Gasteiger partial charge in [-0.05, 0) is 30.2 Å². The van der Waals surface area contributed by atoms with Crippen LogP contribution in [-0.2, 0) is 0 Å². The predicted octanol–water partition coefficient (Wildman–Crippen LogP) is 4.60. The highest BCUT2D eigenvalue weighted by molar-refractivity contribution is 7.22. The van der Waals surface area contributed by atoms with Crippen LogP contribution in [0.15, 0.2) is 54.6 Å². The largest absolute Gasteiger partial charge is 0.284 e. The summed E-state index contributed by atoms with van der Waals surface area (Å²) in [5.74, 6) is 0.382.